The summed E-state index contributed by atoms with van der Waals surface area (Å²) in [6.07, 6.45) is 0. The summed E-state index contributed by atoms with van der Waals surface area (Å²) >= 11 is 0. The number of nitrogens with one attached hydrogen (secondary N) is 2. The first kappa shape index (κ1) is 16.0. The van der Waals surface area contributed by atoms with Gasteiger partial charge in [0.25, 0.3) is 0 Å². The first-order valence-corrected chi connectivity index (χ1v) is 7.77. The number of fused-ring (bicyclic) bond motifs is 1. The lowest BCUT2D eigenvalue weighted by Crippen LogP contribution is -2.31. The molecule has 24 heavy (non-hydrogen) atoms. The van der Waals surface area contributed by atoms with Crippen molar-refractivity contribution < 1.29 is 19.0 Å². The number of urea groups is 1. The number of anilines is 1. The van der Waals surface area contributed by atoms with Crippen molar-refractivity contribution >= 4 is 11.7 Å². The topological polar surface area (TPSA) is 68.8 Å². The van der Waals surface area contributed by atoms with Crippen molar-refractivity contribution in [3.63, 3.8) is 0 Å². The van der Waals surface area contributed by atoms with E-state index >= 15 is 0 Å². The van der Waals surface area contributed by atoms with E-state index in [2.05, 4.69) is 10.6 Å². The summed E-state index contributed by atoms with van der Waals surface area (Å²) in [6.45, 7) is 3.00. The lowest BCUT2D eigenvalue weighted by molar-refractivity contribution is 0.171. The number of carbonyl (C=O) groups is 1. The van der Waals surface area contributed by atoms with Gasteiger partial charge in [-0.25, -0.2) is 4.79 Å². The molecule has 2 amide bonds. The highest BCUT2D eigenvalue weighted by Gasteiger charge is 2.16. The summed E-state index contributed by atoms with van der Waals surface area (Å²) in [5, 5.41) is 5.69. The number of benzene rings is 2. The zero-order valence-corrected chi connectivity index (χ0v) is 13.7. The van der Waals surface area contributed by atoms with Crippen LogP contribution >= 0.6 is 0 Å². The zero-order chi connectivity index (χ0) is 16.9. The number of hydrogen-bond donors (Lipinski definition) is 2. The predicted molar refractivity (Wildman–Crippen MR) is 91.0 cm³/mol. The minimum Gasteiger partial charge on any atom is -0.495 e. The van der Waals surface area contributed by atoms with Crippen LogP contribution in [0.4, 0.5) is 10.5 Å². The SMILES string of the molecule is COc1ccccc1NC(=O)N[C@H](C)c1ccc2c(c1)OCCO2. The fourth-order valence-electron chi connectivity index (χ4n) is 2.52. The molecule has 1 heterocycles. The van der Waals surface area contributed by atoms with E-state index < -0.39 is 0 Å². The maximum absolute atomic E-state index is 12.2. The number of amides is 2. The Morgan fingerprint density at radius 2 is 1.88 bits per heavy atom. The highest BCUT2D eigenvalue weighted by atomic mass is 16.6. The predicted octanol–water partition coefficient (Wildman–Crippen LogP) is 3.35. The molecule has 3 rings (SSSR count). The van der Waals surface area contributed by atoms with Crippen LogP contribution in [0.15, 0.2) is 42.5 Å². The Bertz CT molecular complexity index is 733. The summed E-state index contributed by atoms with van der Waals surface area (Å²) in [7, 11) is 1.57. The van der Waals surface area contributed by atoms with Crippen LogP contribution in [0, 0.1) is 0 Å². The van der Waals surface area contributed by atoms with Gasteiger partial charge in [0.2, 0.25) is 0 Å². The quantitative estimate of drug-likeness (QED) is 0.903. The molecule has 0 saturated carbocycles. The van der Waals surface area contributed by atoms with Gasteiger partial charge in [-0.1, -0.05) is 18.2 Å². The van der Waals surface area contributed by atoms with Gasteiger partial charge in [0, 0.05) is 0 Å². The van der Waals surface area contributed by atoms with E-state index in [-0.39, 0.29) is 12.1 Å². The second kappa shape index (κ2) is 7.12. The van der Waals surface area contributed by atoms with Crippen LogP contribution < -0.4 is 24.8 Å². The summed E-state index contributed by atoms with van der Waals surface area (Å²) in [6, 6.07) is 12.4. The molecular weight excluding hydrogens is 308 g/mol. The van der Waals surface area contributed by atoms with Gasteiger partial charge < -0.3 is 24.8 Å². The smallest absolute Gasteiger partial charge is 0.319 e. The average molecular weight is 328 g/mol. The van der Waals surface area contributed by atoms with Crippen LogP contribution in [0.1, 0.15) is 18.5 Å². The van der Waals surface area contributed by atoms with E-state index in [0.29, 0.717) is 30.4 Å². The molecule has 1 aliphatic rings. The van der Waals surface area contributed by atoms with Gasteiger partial charge in [0.1, 0.15) is 19.0 Å². The molecule has 2 N–H and O–H groups in total. The molecule has 6 nitrogen and oxygen atoms in total. The number of ether oxygens (including phenoxy) is 3. The molecule has 0 radical (unpaired) electrons. The van der Waals surface area contributed by atoms with E-state index in [1.807, 2.05) is 37.3 Å². The molecule has 126 valence electrons. The van der Waals surface area contributed by atoms with Crippen molar-refractivity contribution in [2.45, 2.75) is 13.0 Å². The lowest BCUT2D eigenvalue weighted by Gasteiger charge is -2.21. The molecule has 2 aromatic carbocycles. The minimum atomic E-state index is -0.304. The highest BCUT2D eigenvalue weighted by Crippen LogP contribution is 2.32. The molecule has 0 aromatic heterocycles. The molecule has 6 heteroatoms. The lowest BCUT2D eigenvalue weighted by atomic mass is 10.1. The summed E-state index contributed by atoms with van der Waals surface area (Å²) in [5.41, 5.74) is 1.56. The molecule has 0 saturated heterocycles. The Hall–Kier alpha value is -2.89. The molecule has 0 aliphatic carbocycles. The first-order valence-electron chi connectivity index (χ1n) is 7.77. The number of para-hydroxylation sites is 2. The molecule has 0 spiro atoms. The summed E-state index contributed by atoms with van der Waals surface area (Å²) in [4.78, 5) is 12.2. The molecule has 1 aliphatic heterocycles. The second-order valence-electron chi connectivity index (χ2n) is 5.42. The Labute approximate surface area is 140 Å². The molecule has 0 fully saturated rings. The Morgan fingerprint density at radius 3 is 2.67 bits per heavy atom. The fraction of sp³-hybridized carbons (Fsp3) is 0.278. The van der Waals surface area contributed by atoms with E-state index in [4.69, 9.17) is 14.2 Å². The zero-order valence-electron chi connectivity index (χ0n) is 13.7. The average Bonchev–Trinajstić information content (AvgIpc) is 2.61. The minimum absolute atomic E-state index is 0.185. The van der Waals surface area contributed by atoms with Crippen LogP contribution in [0.2, 0.25) is 0 Å². The van der Waals surface area contributed by atoms with Gasteiger partial charge in [0.15, 0.2) is 11.5 Å². The van der Waals surface area contributed by atoms with Crippen LogP contribution in [-0.2, 0) is 0 Å². The third-order valence-electron chi connectivity index (χ3n) is 3.77. The largest absolute Gasteiger partial charge is 0.495 e. The van der Waals surface area contributed by atoms with Gasteiger partial charge in [-0.05, 0) is 36.8 Å². The third-order valence-corrected chi connectivity index (χ3v) is 3.77. The molecule has 0 bridgehead atoms. The second-order valence-corrected chi connectivity index (χ2v) is 5.42. The number of hydrogen-bond acceptors (Lipinski definition) is 4. The standard InChI is InChI=1S/C18H20N2O4/c1-12(13-7-8-16-17(11-13)24-10-9-23-16)19-18(21)20-14-5-3-4-6-15(14)22-2/h3-8,11-12H,9-10H2,1-2H3,(H2,19,20,21)/t12-/m1/s1. The number of methoxy groups -OCH3 is 1. The summed E-state index contributed by atoms with van der Waals surface area (Å²) in [5.74, 6) is 2.05. The van der Waals surface area contributed by atoms with Crippen molar-refractivity contribution in [1.29, 1.82) is 0 Å². The van der Waals surface area contributed by atoms with Gasteiger partial charge in [-0.3, -0.25) is 0 Å². The highest BCUT2D eigenvalue weighted by molar-refractivity contribution is 5.91. The Morgan fingerprint density at radius 1 is 1.12 bits per heavy atom. The van der Waals surface area contributed by atoms with Gasteiger partial charge >= 0.3 is 6.03 Å². The van der Waals surface area contributed by atoms with E-state index in [9.17, 15) is 4.79 Å². The van der Waals surface area contributed by atoms with E-state index in [1.54, 1.807) is 19.2 Å². The van der Waals surface area contributed by atoms with Gasteiger partial charge in [0.05, 0.1) is 18.8 Å². The summed E-state index contributed by atoms with van der Waals surface area (Å²) < 4.78 is 16.3. The number of rotatable bonds is 4. The Kier molecular flexibility index (Phi) is 4.74. The van der Waals surface area contributed by atoms with Gasteiger partial charge in [-0.15, -0.1) is 0 Å². The first-order chi connectivity index (χ1) is 11.7. The maximum atomic E-state index is 12.2. The maximum Gasteiger partial charge on any atom is 0.319 e. The van der Waals surface area contributed by atoms with Gasteiger partial charge in [-0.2, -0.15) is 0 Å². The normalized spacial score (nSPS) is 13.8. The Balaban J connectivity index is 1.66. The van der Waals surface area contributed by atoms with Crippen LogP contribution in [-0.4, -0.2) is 26.4 Å². The van der Waals surface area contributed by atoms with Crippen LogP contribution in [0.25, 0.3) is 0 Å². The van der Waals surface area contributed by atoms with E-state index in [0.717, 1.165) is 11.3 Å². The van der Waals surface area contributed by atoms with Crippen LogP contribution in [0.3, 0.4) is 0 Å². The monoisotopic (exact) mass is 328 g/mol. The van der Waals surface area contributed by atoms with Crippen molar-refractivity contribution in [2.24, 2.45) is 0 Å². The third kappa shape index (κ3) is 3.53. The van der Waals surface area contributed by atoms with E-state index in [1.165, 1.54) is 0 Å². The molecule has 1 atom stereocenters. The van der Waals surface area contributed by atoms with Crippen molar-refractivity contribution in [3.8, 4) is 17.2 Å². The fourth-order valence-corrected chi connectivity index (χ4v) is 2.52. The van der Waals surface area contributed by atoms with Crippen molar-refractivity contribution in [2.75, 3.05) is 25.6 Å². The molecule has 2 aromatic rings. The molecular formula is C18H20N2O4. The van der Waals surface area contributed by atoms with Crippen molar-refractivity contribution in [3.05, 3.63) is 48.0 Å². The van der Waals surface area contributed by atoms with Crippen molar-refractivity contribution in [1.82, 2.24) is 5.32 Å². The molecule has 0 unspecified atom stereocenters. The van der Waals surface area contributed by atoms with Crippen LogP contribution in [0.5, 0.6) is 17.2 Å². The number of carbonyl (C=O) groups excluding carboxylic acids is 1.